The molecular formula is C10H20O5. The summed E-state index contributed by atoms with van der Waals surface area (Å²) in [5, 5.41) is 24.1. The van der Waals surface area contributed by atoms with Gasteiger partial charge in [0.1, 0.15) is 0 Å². The van der Waals surface area contributed by atoms with Gasteiger partial charge in [0, 0.05) is 19.4 Å². The predicted octanol–water partition coefficient (Wildman–Crippen LogP) is 1.49. The average molecular weight is 220 g/mol. The highest BCUT2D eigenvalue weighted by Gasteiger charge is 1.98. The molecule has 0 saturated heterocycles. The van der Waals surface area contributed by atoms with Gasteiger partial charge in [0.25, 0.3) is 0 Å². The first-order valence-corrected chi connectivity index (χ1v) is 5.09. The lowest BCUT2D eigenvalue weighted by Crippen LogP contribution is -1.95. The summed E-state index contributed by atoms with van der Waals surface area (Å²) in [5.41, 5.74) is 0. The molecule has 0 saturated carbocycles. The Morgan fingerprint density at radius 1 is 0.867 bits per heavy atom. The van der Waals surface area contributed by atoms with Gasteiger partial charge in [-0.05, 0) is 19.8 Å². The lowest BCUT2D eigenvalue weighted by Gasteiger charge is -1.96. The van der Waals surface area contributed by atoms with E-state index in [2.05, 4.69) is 0 Å². The Balaban J connectivity index is 0. The van der Waals surface area contributed by atoms with Crippen molar-refractivity contribution in [1.82, 2.24) is 0 Å². The van der Waals surface area contributed by atoms with E-state index in [9.17, 15) is 9.59 Å². The average Bonchev–Trinajstić information content (AvgIpc) is 2.11. The molecule has 5 heteroatoms. The highest BCUT2D eigenvalue weighted by atomic mass is 16.4. The predicted molar refractivity (Wildman–Crippen MR) is 55.7 cm³/mol. The summed E-state index contributed by atoms with van der Waals surface area (Å²) < 4.78 is 0. The molecule has 0 aliphatic rings. The number of hydrogen-bond acceptors (Lipinski definition) is 3. The van der Waals surface area contributed by atoms with E-state index in [1.807, 2.05) is 0 Å². The Hall–Kier alpha value is -1.10. The third kappa shape index (κ3) is 24.6. The molecule has 0 aliphatic heterocycles. The Morgan fingerprint density at radius 2 is 1.13 bits per heavy atom. The van der Waals surface area contributed by atoms with E-state index in [0.717, 1.165) is 12.8 Å². The number of rotatable bonds is 7. The van der Waals surface area contributed by atoms with Gasteiger partial charge in [-0.15, -0.1) is 0 Å². The Bertz CT molecular complexity index is 149. The summed E-state index contributed by atoms with van der Waals surface area (Å²) in [4.78, 5) is 20.1. The Morgan fingerprint density at radius 3 is 1.33 bits per heavy atom. The number of aliphatic carboxylic acids is 2. The van der Waals surface area contributed by atoms with Crippen LogP contribution in [0.5, 0.6) is 0 Å². The zero-order valence-electron chi connectivity index (χ0n) is 9.11. The molecule has 0 amide bonds. The van der Waals surface area contributed by atoms with Crippen LogP contribution < -0.4 is 0 Å². The van der Waals surface area contributed by atoms with E-state index in [1.54, 1.807) is 6.92 Å². The summed E-state index contributed by atoms with van der Waals surface area (Å²) in [6, 6.07) is 0. The van der Waals surface area contributed by atoms with Gasteiger partial charge in [-0.1, -0.05) is 12.8 Å². The highest BCUT2D eigenvalue weighted by molar-refractivity contribution is 5.66. The molecule has 0 spiro atoms. The van der Waals surface area contributed by atoms with E-state index in [4.69, 9.17) is 15.3 Å². The fourth-order valence-corrected chi connectivity index (χ4v) is 0.906. The number of carboxylic acid groups (broad SMARTS) is 2. The van der Waals surface area contributed by atoms with Crippen molar-refractivity contribution in [2.24, 2.45) is 0 Å². The lowest BCUT2D eigenvalue weighted by molar-refractivity contribution is -0.138. The molecule has 5 nitrogen and oxygen atoms in total. The molecule has 0 rings (SSSR count). The zero-order valence-corrected chi connectivity index (χ0v) is 9.11. The molecule has 15 heavy (non-hydrogen) atoms. The van der Waals surface area contributed by atoms with Gasteiger partial charge in [0.05, 0.1) is 0 Å². The van der Waals surface area contributed by atoms with Gasteiger partial charge < -0.3 is 15.3 Å². The molecule has 0 heterocycles. The molecule has 0 atom stereocenters. The minimum Gasteiger partial charge on any atom is -0.481 e. The second-order valence-electron chi connectivity index (χ2n) is 3.02. The first-order chi connectivity index (χ1) is 7.04. The van der Waals surface area contributed by atoms with Crippen molar-refractivity contribution in [1.29, 1.82) is 0 Å². The van der Waals surface area contributed by atoms with Crippen LogP contribution in [0.2, 0.25) is 0 Å². The minimum absolute atomic E-state index is 0.188. The second-order valence-corrected chi connectivity index (χ2v) is 3.02. The van der Waals surface area contributed by atoms with Crippen LogP contribution in [-0.4, -0.2) is 33.9 Å². The molecular weight excluding hydrogens is 200 g/mol. The maximum absolute atomic E-state index is 10.0. The standard InChI is InChI=1S/C8H14O4.C2H6O/c9-7(10)5-3-1-2-4-6-8(11)12;1-2-3/h1-6H2,(H,9,10)(H,11,12);3H,2H2,1H3. The van der Waals surface area contributed by atoms with E-state index in [1.165, 1.54) is 0 Å². The molecule has 3 N–H and O–H groups in total. The van der Waals surface area contributed by atoms with Crippen molar-refractivity contribution in [2.75, 3.05) is 6.61 Å². The van der Waals surface area contributed by atoms with E-state index in [0.29, 0.717) is 12.8 Å². The number of carbonyl (C=O) groups is 2. The molecule has 0 aromatic carbocycles. The Kier molecular flexibility index (Phi) is 14.0. The first kappa shape index (κ1) is 16.3. The van der Waals surface area contributed by atoms with Crippen LogP contribution in [0.25, 0.3) is 0 Å². The number of unbranched alkanes of at least 4 members (excludes halogenated alkanes) is 3. The summed E-state index contributed by atoms with van der Waals surface area (Å²) >= 11 is 0. The molecule has 0 aromatic rings. The van der Waals surface area contributed by atoms with E-state index < -0.39 is 11.9 Å². The summed E-state index contributed by atoms with van der Waals surface area (Å²) in [5.74, 6) is -1.57. The normalized spacial score (nSPS) is 8.93. The maximum atomic E-state index is 10.0. The van der Waals surface area contributed by atoms with Gasteiger partial charge in [0.15, 0.2) is 0 Å². The molecule has 0 fully saturated rings. The first-order valence-electron chi connectivity index (χ1n) is 5.09. The molecule has 90 valence electrons. The second kappa shape index (κ2) is 12.9. The number of aliphatic hydroxyl groups is 1. The number of carboxylic acids is 2. The van der Waals surface area contributed by atoms with Gasteiger partial charge in [-0.3, -0.25) is 9.59 Å². The van der Waals surface area contributed by atoms with Gasteiger partial charge in [0.2, 0.25) is 0 Å². The van der Waals surface area contributed by atoms with E-state index >= 15 is 0 Å². The third-order valence-corrected chi connectivity index (χ3v) is 1.53. The fourth-order valence-electron chi connectivity index (χ4n) is 0.906. The molecule has 0 aliphatic carbocycles. The maximum Gasteiger partial charge on any atom is 0.303 e. The van der Waals surface area contributed by atoms with Crippen molar-refractivity contribution in [2.45, 2.75) is 45.4 Å². The van der Waals surface area contributed by atoms with Crippen LogP contribution in [0, 0.1) is 0 Å². The SMILES string of the molecule is CCO.O=C(O)CCCCCCC(=O)O. The largest absolute Gasteiger partial charge is 0.481 e. The van der Waals surface area contributed by atoms with Gasteiger partial charge in [-0.2, -0.15) is 0 Å². The smallest absolute Gasteiger partial charge is 0.303 e. The van der Waals surface area contributed by atoms with Crippen LogP contribution in [0.4, 0.5) is 0 Å². The van der Waals surface area contributed by atoms with Crippen LogP contribution in [0.3, 0.4) is 0 Å². The van der Waals surface area contributed by atoms with Crippen molar-refractivity contribution < 1.29 is 24.9 Å². The minimum atomic E-state index is -0.784. The summed E-state index contributed by atoms with van der Waals surface area (Å²) in [7, 11) is 0. The third-order valence-electron chi connectivity index (χ3n) is 1.53. The van der Waals surface area contributed by atoms with Crippen molar-refractivity contribution in [3.63, 3.8) is 0 Å². The Labute approximate surface area is 89.7 Å². The van der Waals surface area contributed by atoms with E-state index in [-0.39, 0.29) is 19.4 Å². The van der Waals surface area contributed by atoms with Crippen LogP contribution >= 0.6 is 0 Å². The van der Waals surface area contributed by atoms with Crippen LogP contribution in [0.15, 0.2) is 0 Å². The van der Waals surface area contributed by atoms with Crippen molar-refractivity contribution in [3.8, 4) is 0 Å². The quantitative estimate of drug-likeness (QED) is 0.565. The van der Waals surface area contributed by atoms with Crippen LogP contribution in [-0.2, 0) is 9.59 Å². The topological polar surface area (TPSA) is 94.8 Å². The summed E-state index contributed by atoms with van der Waals surface area (Å²) in [6.07, 6.45) is 3.28. The molecule has 0 radical (unpaired) electrons. The number of hydrogen-bond donors (Lipinski definition) is 3. The highest BCUT2D eigenvalue weighted by Crippen LogP contribution is 2.04. The monoisotopic (exact) mass is 220 g/mol. The zero-order chi connectivity index (χ0) is 12.1. The molecule has 0 bridgehead atoms. The van der Waals surface area contributed by atoms with Crippen molar-refractivity contribution >= 4 is 11.9 Å². The van der Waals surface area contributed by atoms with Gasteiger partial charge in [-0.25, -0.2) is 0 Å². The molecule has 0 unspecified atom stereocenters. The van der Waals surface area contributed by atoms with Crippen LogP contribution in [0.1, 0.15) is 45.4 Å². The lowest BCUT2D eigenvalue weighted by atomic mass is 10.1. The number of aliphatic hydroxyl groups excluding tert-OH is 1. The molecule has 0 aromatic heterocycles. The van der Waals surface area contributed by atoms with Crippen molar-refractivity contribution in [3.05, 3.63) is 0 Å². The fraction of sp³-hybridized carbons (Fsp3) is 0.800. The summed E-state index contributed by atoms with van der Waals surface area (Å²) in [6.45, 7) is 1.93. The van der Waals surface area contributed by atoms with Gasteiger partial charge >= 0.3 is 11.9 Å².